The summed E-state index contributed by atoms with van der Waals surface area (Å²) in [5.74, 6) is 2.09. The predicted octanol–water partition coefficient (Wildman–Crippen LogP) is 2.57. The lowest BCUT2D eigenvalue weighted by molar-refractivity contribution is -0.137. The van der Waals surface area contributed by atoms with Crippen molar-refractivity contribution >= 4 is 34.2 Å². The second-order valence-corrected chi connectivity index (χ2v) is 11.7. The number of hydrogen-bond acceptors (Lipinski definition) is 11. The molecule has 0 spiro atoms. The third-order valence-corrected chi connectivity index (χ3v) is 8.87. The summed E-state index contributed by atoms with van der Waals surface area (Å²) in [4.78, 5) is 30.4. The van der Waals surface area contributed by atoms with Crippen molar-refractivity contribution in [2.75, 3.05) is 77.3 Å². The minimum atomic E-state index is -0.506. The van der Waals surface area contributed by atoms with Crippen molar-refractivity contribution in [1.29, 1.82) is 0 Å². The SMILES string of the molecule is COCCOc1ccc(N2CCN(C(=O)C(C3CCN(C)CC3)n3ncc4c3nc(N)n3nc(-c5ccco5)nc43)CC2)cc1. The van der Waals surface area contributed by atoms with Gasteiger partial charge in [-0.2, -0.15) is 14.6 Å². The van der Waals surface area contributed by atoms with Crippen molar-refractivity contribution in [1.82, 2.24) is 39.2 Å². The molecular formula is C31H38N10O4. The van der Waals surface area contributed by atoms with E-state index in [4.69, 9.17) is 34.7 Å². The summed E-state index contributed by atoms with van der Waals surface area (Å²) in [5, 5.41) is 9.96. The number of anilines is 2. The summed E-state index contributed by atoms with van der Waals surface area (Å²) in [6, 6.07) is 11.2. The Morgan fingerprint density at radius 1 is 1.02 bits per heavy atom. The normalized spacial score (nSPS) is 17.4. The van der Waals surface area contributed by atoms with Gasteiger partial charge in [-0.3, -0.25) is 4.79 Å². The van der Waals surface area contributed by atoms with Gasteiger partial charge in [0.2, 0.25) is 17.7 Å². The van der Waals surface area contributed by atoms with Gasteiger partial charge in [0.05, 0.1) is 24.5 Å². The lowest BCUT2D eigenvalue weighted by atomic mass is 9.88. The Kier molecular flexibility index (Phi) is 7.98. The first-order valence-corrected chi connectivity index (χ1v) is 15.4. The first kappa shape index (κ1) is 29.0. The Morgan fingerprint density at radius 3 is 2.51 bits per heavy atom. The van der Waals surface area contributed by atoms with Gasteiger partial charge in [0.25, 0.3) is 0 Å². The molecule has 6 heterocycles. The van der Waals surface area contributed by atoms with Crippen LogP contribution in [0.15, 0.2) is 53.3 Å². The first-order chi connectivity index (χ1) is 22.0. The second-order valence-electron chi connectivity index (χ2n) is 11.7. The van der Waals surface area contributed by atoms with Crippen LogP contribution in [-0.2, 0) is 9.53 Å². The molecule has 14 heteroatoms. The van der Waals surface area contributed by atoms with Gasteiger partial charge >= 0.3 is 0 Å². The average Bonchev–Trinajstić information content (AvgIpc) is 3.84. The van der Waals surface area contributed by atoms with Crippen molar-refractivity contribution in [2.24, 2.45) is 5.92 Å². The molecule has 14 nitrogen and oxygen atoms in total. The summed E-state index contributed by atoms with van der Waals surface area (Å²) in [6.45, 7) is 5.59. The number of piperidine rings is 1. The molecule has 0 aliphatic carbocycles. The molecule has 1 atom stereocenters. The van der Waals surface area contributed by atoms with Crippen LogP contribution in [0.5, 0.6) is 5.75 Å². The van der Waals surface area contributed by atoms with E-state index >= 15 is 0 Å². The fraction of sp³-hybridized carbons (Fsp3) is 0.452. The van der Waals surface area contributed by atoms with Crippen molar-refractivity contribution < 1.29 is 18.7 Å². The number of amides is 1. The smallest absolute Gasteiger partial charge is 0.247 e. The second kappa shape index (κ2) is 12.4. The van der Waals surface area contributed by atoms with Crippen LogP contribution in [-0.4, -0.2) is 112 Å². The minimum Gasteiger partial charge on any atom is -0.491 e. The lowest BCUT2D eigenvalue weighted by Crippen LogP contribution is -2.52. The van der Waals surface area contributed by atoms with Gasteiger partial charge < -0.3 is 34.3 Å². The standard InChI is InChI=1S/C31H38N10O4/c1-37-11-9-21(10-12-37)26(30(42)39-15-13-38(14-16-39)22-5-7-23(8-6-22)44-19-18-43-2)40-29-24(20-33-40)28-34-27(25-4-3-17-45-25)36-41(28)31(32)35-29/h3-8,17,20-21,26H,9-16,18-19H2,1-2H3,(H2,32,35). The number of fused-ring (bicyclic) bond motifs is 3. The van der Waals surface area contributed by atoms with Gasteiger partial charge in [-0.05, 0) is 75.3 Å². The number of nitrogens with two attached hydrogens (primary N) is 1. The number of nitrogen functional groups attached to an aromatic ring is 1. The van der Waals surface area contributed by atoms with Gasteiger partial charge in [0.1, 0.15) is 18.4 Å². The summed E-state index contributed by atoms with van der Waals surface area (Å²) < 4.78 is 19.5. The molecular weight excluding hydrogens is 576 g/mol. The number of ether oxygens (including phenoxy) is 2. The lowest BCUT2D eigenvalue weighted by Gasteiger charge is -2.40. The van der Waals surface area contributed by atoms with Gasteiger partial charge in [-0.25, -0.2) is 9.67 Å². The average molecular weight is 615 g/mol. The zero-order valence-corrected chi connectivity index (χ0v) is 25.6. The Balaban J connectivity index is 1.14. The number of furan rings is 1. The fourth-order valence-corrected chi connectivity index (χ4v) is 6.36. The van der Waals surface area contributed by atoms with Gasteiger partial charge in [0.15, 0.2) is 17.1 Å². The van der Waals surface area contributed by atoms with Crippen LogP contribution in [0.4, 0.5) is 11.6 Å². The molecule has 2 saturated heterocycles. The van der Waals surface area contributed by atoms with E-state index in [2.05, 4.69) is 34.1 Å². The highest BCUT2D eigenvalue weighted by atomic mass is 16.5. The van der Waals surface area contributed by atoms with Crippen molar-refractivity contribution in [2.45, 2.75) is 18.9 Å². The number of benzene rings is 1. The monoisotopic (exact) mass is 614 g/mol. The third kappa shape index (κ3) is 5.66. The number of nitrogens with zero attached hydrogens (tertiary/aromatic N) is 9. The molecule has 1 amide bonds. The molecule has 2 aliphatic rings. The molecule has 0 radical (unpaired) electrons. The summed E-state index contributed by atoms with van der Waals surface area (Å²) >= 11 is 0. The van der Waals surface area contributed by atoms with E-state index in [0.717, 1.165) is 50.5 Å². The molecule has 2 fully saturated rings. The van der Waals surface area contributed by atoms with Crippen LogP contribution >= 0.6 is 0 Å². The molecule has 2 aliphatic heterocycles. The van der Waals surface area contributed by atoms with Gasteiger partial charge in [0, 0.05) is 39.0 Å². The van der Waals surface area contributed by atoms with Gasteiger partial charge in [-0.1, -0.05) is 0 Å². The summed E-state index contributed by atoms with van der Waals surface area (Å²) in [5.41, 5.74) is 8.56. The van der Waals surface area contributed by atoms with Crippen LogP contribution in [0.3, 0.4) is 0 Å². The molecule has 7 rings (SSSR count). The summed E-state index contributed by atoms with van der Waals surface area (Å²) in [6.07, 6.45) is 5.06. The molecule has 236 valence electrons. The maximum Gasteiger partial charge on any atom is 0.247 e. The Hall–Kier alpha value is -4.69. The van der Waals surface area contributed by atoms with E-state index in [1.54, 1.807) is 36.4 Å². The maximum atomic E-state index is 14.4. The molecule has 1 aromatic carbocycles. The van der Waals surface area contributed by atoms with Crippen LogP contribution in [0.2, 0.25) is 0 Å². The Morgan fingerprint density at radius 2 is 1.80 bits per heavy atom. The van der Waals surface area contributed by atoms with Crippen LogP contribution in [0, 0.1) is 5.92 Å². The van der Waals surface area contributed by atoms with E-state index < -0.39 is 6.04 Å². The number of likely N-dealkylation sites (tertiary alicyclic amines) is 1. The number of hydrogen-bond donors (Lipinski definition) is 1. The van der Waals surface area contributed by atoms with Crippen molar-refractivity contribution in [3.8, 4) is 17.3 Å². The topological polar surface area (TPSA) is 145 Å². The highest BCUT2D eigenvalue weighted by Crippen LogP contribution is 2.34. The molecule has 4 aromatic heterocycles. The van der Waals surface area contributed by atoms with E-state index in [1.165, 1.54) is 4.52 Å². The fourth-order valence-electron chi connectivity index (χ4n) is 6.36. The van der Waals surface area contributed by atoms with Gasteiger partial charge in [-0.15, -0.1) is 5.10 Å². The number of aromatic nitrogens is 6. The Bertz CT molecular complexity index is 1750. The molecule has 45 heavy (non-hydrogen) atoms. The largest absolute Gasteiger partial charge is 0.491 e. The van der Waals surface area contributed by atoms with Crippen molar-refractivity contribution in [3.05, 3.63) is 48.9 Å². The summed E-state index contributed by atoms with van der Waals surface area (Å²) in [7, 11) is 3.78. The van der Waals surface area contributed by atoms with E-state index in [-0.39, 0.29) is 17.8 Å². The molecule has 5 aromatic rings. The zero-order chi connectivity index (χ0) is 30.9. The third-order valence-electron chi connectivity index (χ3n) is 8.87. The Labute approximate surface area is 260 Å². The van der Waals surface area contributed by atoms with Crippen LogP contribution < -0.4 is 15.4 Å². The first-order valence-electron chi connectivity index (χ1n) is 15.4. The molecule has 0 saturated carbocycles. The van der Waals surface area contributed by atoms with E-state index in [1.807, 2.05) is 17.0 Å². The number of carbonyl (C=O) groups is 1. The van der Waals surface area contributed by atoms with Crippen molar-refractivity contribution in [3.63, 3.8) is 0 Å². The van der Waals surface area contributed by atoms with Crippen LogP contribution in [0.1, 0.15) is 18.9 Å². The highest BCUT2D eigenvalue weighted by Gasteiger charge is 2.38. The van der Waals surface area contributed by atoms with E-state index in [0.29, 0.717) is 54.6 Å². The van der Waals surface area contributed by atoms with E-state index in [9.17, 15) is 4.79 Å². The molecule has 0 bridgehead atoms. The quantitative estimate of drug-likeness (QED) is 0.245. The molecule has 1 unspecified atom stereocenters. The number of methoxy groups -OCH3 is 1. The predicted molar refractivity (Wildman–Crippen MR) is 168 cm³/mol. The molecule has 2 N–H and O–H groups in total. The highest BCUT2D eigenvalue weighted by molar-refractivity contribution is 5.92. The zero-order valence-electron chi connectivity index (χ0n) is 25.6. The van der Waals surface area contributed by atoms with Crippen LogP contribution in [0.25, 0.3) is 28.3 Å². The maximum absolute atomic E-state index is 14.4. The number of rotatable bonds is 9. The number of carbonyl (C=O) groups excluding carboxylic acids is 1. The minimum absolute atomic E-state index is 0.0640. The number of piperazine rings is 1.